The molecule has 1 aliphatic carbocycles. The summed E-state index contributed by atoms with van der Waals surface area (Å²) in [5.41, 5.74) is 0.798. The van der Waals surface area contributed by atoms with Gasteiger partial charge in [-0.15, -0.1) is 0 Å². The number of carbonyl (C=O) groups is 2. The average Bonchev–Trinajstić information content (AvgIpc) is 2.72. The largest absolute Gasteiger partial charge is 0.504 e. The second kappa shape index (κ2) is 12.0. The molecule has 0 heterocycles. The molecule has 0 saturated heterocycles. The summed E-state index contributed by atoms with van der Waals surface area (Å²) in [6.45, 7) is 2.21. The maximum Gasteiger partial charge on any atom is 0.227 e. The Kier molecular flexibility index (Phi) is 9.65. The van der Waals surface area contributed by atoms with Crippen LogP contribution < -0.4 is 0 Å². The molecule has 5 heteroatoms. The standard InChI is InChI=1S/C24H31BrO4/c1-2-3-4-5-6-7-8-9-10-11-19-21(26)23(28)20(24(29)22(19)27)16-17-12-14-18(25)15-13-17/h12-15,26,29H,2-11,16H2,1H3. The molecular weight excluding hydrogens is 432 g/mol. The van der Waals surface area contributed by atoms with Gasteiger partial charge in [-0.25, -0.2) is 0 Å². The highest BCUT2D eigenvalue weighted by molar-refractivity contribution is 9.10. The van der Waals surface area contributed by atoms with Crippen molar-refractivity contribution >= 4 is 27.5 Å². The first-order valence-electron chi connectivity index (χ1n) is 10.6. The number of unbranched alkanes of at least 4 members (excludes halogenated alkanes) is 8. The van der Waals surface area contributed by atoms with Crippen molar-refractivity contribution in [3.05, 3.63) is 57.0 Å². The maximum absolute atomic E-state index is 12.5. The van der Waals surface area contributed by atoms with Crippen LogP contribution in [0.25, 0.3) is 0 Å². The molecule has 0 aliphatic heterocycles. The fourth-order valence-corrected chi connectivity index (χ4v) is 3.85. The van der Waals surface area contributed by atoms with E-state index >= 15 is 0 Å². The van der Waals surface area contributed by atoms with Crippen molar-refractivity contribution in [3.63, 3.8) is 0 Å². The smallest absolute Gasteiger partial charge is 0.227 e. The number of Topliss-reactive ketones (excluding diaryl/α,β-unsaturated/α-hetero) is 2. The summed E-state index contributed by atoms with van der Waals surface area (Å²) in [6, 6.07) is 7.27. The highest BCUT2D eigenvalue weighted by Gasteiger charge is 2.34. The van der Waals surface area contributed by atoms with Gasteiger partial charge in [-0.2, -0.15) is 0 Å². The zero-order valence-corrected chi connectivity index (χ0v) is 18.8. The van der Waals surface area contributed by atoms with Gasteiger partial charge in [0.15, 0.2) is 11.5 Å². The molecule has 4 nitrogen and oxygen atoms in total. The van der Waals surface area contributed by atoms with Crippen LogP contribution in [0.4, 0.5) is 0 Å². The Balaban J connectivity index is 1.86. The number of hydrogen-bond donors (Lipinski definition) is 2. The first-order valence-corrected chi connectivity index (χ1v) is 11.4. The number of carbonyl (C=O) groups excluding carboxylic acids is 2. The Labute approximate surface area is 181 Å². The van der Waals surface area contributed by atoms with Gasteiger partial charge in [0.05, 0.1) is 5.57 Å². The third-order valence-corrected chi connectivity index (χ3v) is 5.90. The van der Waals surface area contributed by atoms with Crippen LogP contribution in [-0.4, -0.2) is 21.8 Å². The lowest BCUT2D eigenvalue weighted by molar-refractivity contribution is -0.120. The number of hydrogen-bond acceptors (Lipinski definition) is 4. The lowest BCUT2D eigenvalue weighted by Gasteiger charge is -2.18. The molecule has 0 aromatic heterocycles. The molecule has 29 heavy (non-hydrogen) atoms. The summed E-state index contributed by atoms with van der Waals surface area (Å²) in [7, 11) is 0. The fraction of sp³-hybridized carbons (Fsp3) is 0.500. The van der Waals surface area contributed by atoms with E-state index in [0.717, 1.165) is 29.3 Å². The molecule has 2 N–H and O–H groups in total. The molecule has 0 bridgehead atoms. The van der Waals surface area contributed by atoms with Crippen molar-refractivity contribution in [2.75, 3.05) is 0 Å². The van der Waals surface area contributed by atoms with Crippen LogP contribution >= 0.6 is 15.9 Å². The summed E-state index contributed by atoms with van der Waals surface area (Å²) < 4.78 is 0.900. The molecule has 0 saturated carbocycles. The molecule has 0 atom stereocenters. The van der Waals surface area contributed by atoms with Crippen LogP contribution in [0.15, 0.2) is 51.4 Å². The summed E-state index contributed by atoms with van der Waals surface area (Å²) in [6.07, 6.45) is 10.7. The van der Waals surface area contributed by atoms with E-state index in [1.54, 1.807) is 12.1 Å². The van der Waals surface area contributed by atoms with Crippen molar-refractivity contribution in [1.29, 1.82) is 0 Å². The van der Waals surface area contributed by atoms with E-state index in [1.807, 2.05) is 12.1 Å². The Morgan fingerprint density at radius 3 is 1.79 bits per heavy atom. The minimum absolute atomic E-state index is 0.0364. The SMILES string of the molecule is CCCCCCCCCCCC1=C(O)C(=O)C(Cc2ccc(Br)cc2)=C(O)C1=O. The molecule has 158 valence electrons. The average molecular weight is 463 g/mol. The second-order valence-corrected chi connectivity index (χ2v) is 8.61. The minimum atomic E-state index is -0.643. The summed E-state index contributed by atoms with van der Waals surface area (Å²) >= 11 is 3.34. The van der Waals surface area contributed by atoms with E-state index in [-0.39, 0.29) is 17.6 Å². The molecule has 1 aromatic carbocycles. The zero-order valence-electron chi connectivity index (χ0n) is 17.2. The zero-order chi connectivity index (χ0) is 21.2. The fourth-order valence-electron chi connectivity index (χ4n) is 3.59. The Morgan fingerprint density at radius 2 is 1.21 bits per heavy atom. The van der Waals surface area contributed by atoms with Gasteiger partial charge >= 0.3 is 0 Å². The number of aliphatic hydroxyl groups is 2. The number of rotatable bonds is 12. The van der Waals surface area contributed by atoms with Crippen molar-refractivity contribution in [3.8, 4) is 0 Å². The maximum atomic E-state index is 12.5. The third-order valence-electron chi connectivity index (χ3n) is 5.37. The third kappa shape index (κ3) is 6.84. The summed E-state index contributed by atoms with van der Waals surface area (Å²) in [5.74, 6) is -2.29. The summed E-state index contributed by atoms with van der Waals surface area (Å²) in [4.78, 5) is 25.1. The molecule has 0 radical (unpaired) electrons. The molecule has 0 spiro atoms. The molecule has 0 unspecified atom stereocenters. The first kappa shape index (κ1) is 23.4. The second-order valence-electron chi connectivity index (χ2n) is 7.69. The van der Waals surface area contributed by atoms with E-state index in [0.29, 0.717) is 6.42 Å². The monoisotopic (exact) mass is 462 g/mol. The molecule has 1 aliphatic rings. The van der Waals surface area contributed by atoms with E-state index in [2.05, 4.69) is 22.9 Å². The topological polar surface area (TPSA) is 74.6 Å². The highest BCUT2D eigenvalue weighted by Crippen LogP contribution is 2.28. The van der Waals surface area contributed by atoms with Gasteiger partial charge in [0.2, 0.25) is 11.6 Å². The number of allylic oxidation sites excluding steroid dienone is 2. The Bertz CT molecular complexity index is 775. The summed E-state index contributed by atoms with van der Waals surface area (Å²) in [5, 5.41) is 20.6. The van der Waals surface area contributed by atoms with Crippen LogP contribution in [0, 0.1) is 0 Å². The molecule has 0 fully saturated rings. The minimum Gasteiger partial charge on any atom is -0.504 e. The van der Waals surface area contributed by atoms with Gasteiger partial charge in [0.1, 0.15) is 0 Å². The Morgan fingerprint density at radius 1 is 0.724 bits per heavy atom. The van der Waals surface area contributed by atoms with Crippen LogP contribution in [0.3, 0.4) is 0 Å². The van der Waals surface area contributed by atoms with Crippen LogP contribution in [0.2, 0.25) is 0 Å². The quantitative estimate of drug-likeness (QED) is 0.268. The Hall–Kier alpha value is -1.88. The van der Waals surface area contributed by atoms with Crippen molar-refractivity contribution < 1.29 is 19.8 Å². The van der Waals surface area contributed by atoms with Gasteiger partial charge in [-0.1, -0.05) is 86.4 Å². The number of ketones is 2. The van der Waals surface area contributed by atoms with E-state index in [1.165, 1.54) is 38.5 Å². The van der Waals surface area contributed by atoms with Crippen LogP contribution in [-0.2, 0) is 16.0 Å². The van der Waals surface area contributed by atoms with Crippen molar-refractivity contribution in [2.24, 2.45) is 0 Å². The molecular formula is C24H31BrO4. The predicted octanol–water partition coefficient (Wildman–Crippen LogP) is 6.69. The lowest BCUT2D eigenvalue weighted by Crippen LogP contribution is -2.25. The van der Waals surface area contributed by atoms with Gasteiger partial charge in [-0.05, 0) is 30.5 Å². The van der Waals surface area contributed by atoms with Gasteiger partial charge in [-0.3, -0.25) is 9.59 Å². The van der Waals surface area contributed by atoms with Gasteiger partial charge in [0.25, 0.3) is 0 Å². The normalized spacial score (nSPS) is 14.8. The van der Waals surface area contributed by atoms with Gasteiger partial charge in [0, 0.05) is 16.5 Å². The van der Waals surface area contributed by atoms with E-state index in [4.69, 9.17) is 0 Å². The van der Waals surface area contributed by atoms with Crippen LogP contribution in [0.1, 0.15) is 76.7 Å². The molecule has 1 aromatic rings. The van der Waals surface area contributed by atoms with Gasteiger partial charge < -0.3 is 10.2 Å². The highest BCUT2D eigenvalue weighted by atomic mass is 79.9. The predicted molar refractivity (Wildman–Crippen MR) is 119 cm³/mol. The van der Waals surface area contributed by atoms with E-state index in [9.17, 15) is 19.8 Å². The number of halogens is 1. The molecule has 0 amide bonds. The van der Waals surface area contributed by atoms with Crippen molar-refractivity contribution in [2.45, 2.75) is 77.6 Å². The van der Waals surface area contributed by atoms with E-state index < -0.39 is 23.1 Å². The number of benzene rings is 1. The first-order chi connectivity index (χ1) is 14.0. The number of aliphatic hydroxyl groups excluding tert-OH is 2. The molecule has 2 rings (SSSR count). The lowest BCUT2D eigenvalue weighted by atomic mass is 9.87. The van der Waals surface area contributed by atoms with Crippen molar-refractivity contribution in [1.82, 2.24) is 0 Å². The van der Waals surface area contributed by atoms with Crippen LogP contribution in [0.5, 0.6) is 0 Å².